The molecule has 2 heteroatoms. The number of ether oxygens (including phenoxy) is 2. The quantitative estimate of drug-likeness (QED) is 0.585. The van der Waals surface area contributed by atoms with Crippen LogP contribution in [0.15, 0.2) is 103 Å². The van der Waals surface area contributed by atoms with E-state index < -0.39 is 11.4 Å². The van der Waals surface area contributed by atoms with Gasteiger partial charge in [-0.05, 0) is 23.5 Å². The van der Waals surface area contributed by atoms with Crippen LogP contribution in [0.25, 0.3) is 0 Å². The van der Waals surface area contributed by atoms with Gasteiger partial charge in [0.1, 0.15) is 5.76 Å². The lowest BCUT2D eigenvalue weighted by molar-refractivity contribution is -0.228. The summed E-state index contributed by atoms with van der Waals surface area (Å²) in [5.41, 5.74) is 2.84. The van der Waals surface area contributed by atoms with E-state index in [0.717, 1.165) is 24.0 Å². The summed E-state index contributed by atoms with van der Waals surface area (Å²) in [6.45, 7) is 4.30. The predicted molar refractivity (Wildman–Crippen MR) is 106 cm³/mol. The van der Waals surface area contributed by atoms with Crippen LogP contribution >= 0.6 is 0 Å². The molecule has 0 unspecified atom stereocenters. The van der Waals surface area contributed by atoms with Gasteiger partial charge >= 0.3 is 0 Å². The molecule has 2 bridgehead atoms. The van der Waals surface area contributed by atoms with Crippen LogP contribution in [-0.4, -0.2) is 0 Å². The smallest absolute Gasteiger partial charge is 0.238 e. The van der Waals surface area contributed by atoms with E-state index in [1.54, 1.807) is 0 Å². The van der Waals surface area contributed by atoms with Crippen LogP contribution in [0.5, 0.6) is 0 Å². The molecule has 2 saturated heterocycles. The van der Waals surface area contributed by atoms with E-state index in [1.165, 1.54) is 5.56 Å². The average molecular weight is 354 g/mol. The van der Waals surface area contributed by atoms with E-state index in [9.17, 15) is 0 Å². The molecular formula is C25H22O2. The number of hydrogen-bond acceptors (Lipinski definition) is 2. The fourth-order valence-electron chi connectivity index (χ4n) is 4.56. The summed E-state index contributed by atoms with van der Waals surface area (Å²) in [5.74, 6) is 0.225. The SMILES string of the molecule is C=C1O[C@@]2(c3ccccc3)C[C@H](c3ccccc3)C[C@]1(c1ccccc1)O2. The first kappa shape index (κ1) is 16.3. The number of fused-ring (bicyclic) bond motifs is 2. The molecule has 0 N–H and O–H groups in total. The Bertz CT molecular complexity index is 951. The summed E-state index contributed by atoms with van der Waals surface area (Å²) >= 11 is 0. The molecule has 3 atom stereocenters. The van der Waals surface area contributed by atoms with Crippen molar-refractivity contribution in [2.24, 2.45) is 0 Å². The molecule has 0 aromatic heterocycles. The summed E-state index contributed by atoms with van der Waals surface area (Å²) < 4.78 is 13.2. The molecular weight excluding hydrogens is 332 g/mol. The monoisotopic (exact) mass is 354 g/mol. The highest BCUT2D eigenvalue weighted by molar-refractivity contribution is 5.38. The summed E-state index contributed by atoms with van der Waals surface area (Å²) in [5, 5.41) is 0. The lowest BCUT2D eigenvalue weighted by Gasteiger charge is -2.41. The molecule has 0 aliphatic carbocycles. The lowest BCUT2D eigenvalue weighted by Crippen LogP contribution is -2.40. The fourth-order valence-corrected chi connectivity index (χ4v) is 4.56. The van der Waals surface area contributed by atoms with Crippen molar-refractivity contribution in [2.45, 2.75) is 30.1 Å². The predicted octanol–water partition coefficient (Wildman–Crippen LogP) is 5.87. The third-order valence-corrected chi connectivity index (χ3v) is 5.85. The maximum Gasteiger partial charge on any atom is 0.238 e. The van der Waals surface area contributed by atoms with Gasteiger partial charge in [-0.25, -0.2) is 0 Å². The third-order valence-electron chi connectivity index (χ3n) is 5.85. The molecule has 0 spiro atoms. The van der Waals surface area contributed by atoms with Gasteiger partial charge in [-0.2, -0.15) is 0 Å². The highest BCUT2D eigenvalue weighted by atomic mass is 16.8. The Hall–Kier alpha value is -2.84. The first-order chi connectivity index (χ1) is 13.2. The van der Waals surface area contributed by atoms with Crippen LogP contribution < -0.4 is 0 Å². The van der Waals surface area contributed by atoms with Crippen molar-refractivity contribution >= 4 is 0 Å². The second-order valence-corrected chi connectivity index (χ2v) is 7.46. The van der Waals surface area contributed by atoms with Gasteiger partial charge in [0.2, 0.25) is 5.79 Å². The molecule has 0 amide bonds. The van der Waals surface area contributed by atoms with E-state index in [2.05, 4.69) is 73.3 Å². The van der Waals surface area contributed by atoms with Gasteiger partial charge in [-0.1, -0.05) is 97.6 Å². The lowest BCUT2D eigenvalue weighted by atomic mass is 9.75. The largest absolute Gasteiger partial charge is 0.459 e. The minimum Gasteiger partial charge on any atom is -0.459 e. The van der Waals surface area contributed by atoms with Gasteiger partial charge in [0.15, 0.2) is 5.60 Å². The van der Waals surface area contributed by atoms with Gasteiger partial charge in [0.05, 0.1) is 0 Å². The van der Waals surface area contributed by atoms with Crippen LogP contribution in [0.2, 0.25) is 0 Å². The molecule has 134 valence electrons. The van der Waals surface area contributed by atoms with Gasteiger partial charge in [-0.3, -0.25) is 0 Å². The zero-order valence-electron chi connectivity index (χ0n) is 15.2. The Labute approximate surface area is 160 Å². The minimum absolute atomic E-state index is 0.319. The molecule has 3 aromatic rings. The number of benzene rings is 3. The minimum atomic E-state index is -0.799. The molecule has 2 fully saturated rings. The molecule has 2 aliphatic rings. The van der Waals surface area contributed by atoms with E-state index in [4.69, 9.17) is 9.47 Å². The van der Waals surface area contributed by atoms with Crippen LogP contribution in [0, 0.1) is 0 Å². The highest BCUT2D eigenvalue weighted by Gasteiger charge is 2.61. The molecule has 0 radical (unpaired) electrons. The molecule has 2 heterocycles. The van der Waals surface area contributed by atoms with Crippen LogP contribution in [-0.2, 0) is 20.9 Å². The maximum atomic E-state index is 6.79. The number of rotatable bonds is 3. The van der Waals surface area contributed by atoms with E-state index in [-0.39, 0.29) is 0 Å². The van der Waals surface area contributed by atoms with Crippen molar-refractivity contribution < 1.29 is 9.47 Å². The van der Waals surface area contributed by atoms with Gasteiger partial charge < -0.3 is 9.47 Å². The molecule has 3 aromatic carbocycles. The van der Waals surface area contributed by atoms with Crippen molar-refractivity contribution in [2.75, 3.05) is 0 Å². The van der Waals surface area contributed by atoms with Gasteiger partial charge in [0, 0.05) is 12.0 Å². The normalized spacial score (nSPS) is 29.3. The summed E-state index contributed by atoms with van der Waals surface area (Å²) in [6, 6.07) is 31.3. The average Bonchev–Trinajstić information content (AvgIpc) is 2.96. The first-order valence-electron chi connectivity index (χ1n) is 9.46. The molecule has 2 nitrogen and oxygen atoms in total. The van der Waals surface area contributed by atoms with E-state index in [1.807, 2.05) is 24.3 Å². The topological polar surface area (TPSA) is 18.5 Å². The van der Waals surface area contributed by atoms with E-state index in [0.29, 0.717) is 11.7 Å². The maximum absolute atomic E-state index is 6.79. The van der Waals surface area contributed by atoms with Crippen LogP contribution in [0.1, 0.15) is 35.4 Å². The van der Waals surface area contributed by atoms with E-state index >= 15 is 0 Å². The molecule has 0 saturated carbocycles. The highest BCUT2D eigenvalue weighted by Crippen LogP contribution is 2.61. The van der Waals surface area contributed by atoms with Crippen molar-refractivity contribution in [3.05, 3.63) is 120 Å². The second-order valence-electron chi connectivity index (χ2n) is 7.46. The van der Waals surface area contributed by atoms with Crippen LogP contribution in [0.4, 0.5) is 0 Å². The van der Waals surface area contributed by atoms with Crippen molar-refractivity contribution in [3.63, 3.8) is 0 Å². The zero-order valence-corrected chi connectivity index (χ0v) is 15.2. The van der Waals surface area contributed by atoms with Crippen molar-refractivity contribution in [1.29, 1.82) is 0 Å². The summed E-state index contributed by atoms with van der Waals surface area (Å²) in [6.07, 6.45) is 1.60. The molecule has 2 aliphatic heterocycles. The van der Waals surface area contributed by atoms with Crippen molar-refractivity contribution in [3.8, 4) is 0 Å². The van der Waals surface area contributed by atoms with Crippen molar-refractivity contribution in [1.82, 2.24) is 0 Å². The Morgan fingerprint density at radius 3 is 1.89 bits per heavy atom. The Balaban J connectivity index is 1.67. The number of hydrogen-bond donors (Lipinski definition) is 0. The first-order valence-corrected chi connectivity index (χ1v) is 9.46. The Morgan fingerprint density at radius 2 is 1.26 bits per heavy atom. The van der Waals surface area contributed by atoms with Gasteiger partial charge in [-0.15, -0.1) is 0 Å². The Morgan fingerprint density at radius 1 is 0.704 bits per heavy atom. The summed E-state index contributed by atoms with van der Waals surface area (Å²) in [7, 11) is 0. The third kappa shape index (κ3) is 2.52. The van der Waals surface area contributed by atoms with Crippen LogP contribution in [0.3, 0.4) is 0 Å². The summed E-state index contributed by atoms with van der Waals surface area (Å²) in [4.78, 5) is 0. The zero-order chi connectivity index (χ0) is 18.3. The standard InChI is InChI=1S/C25H22O2/c1-19-24(22-13-7-3-8-14-22)17-21(20-11-5-2-6-12-20)18-25(26-19,27-24)23-15-9-4-10-16-23/h2-16,21H,1,17-18H2/t21-,24+,25+/m1/s1. The second kappa shape index (κ2) is 6.11. The fraction of sp³-hybridized carbons (Fsp3) is 0.200. The molecule has 5 rings (SSSR count). The molecule has 27 heavy (non-hydrogen) atoms. The van der Waals surface area contributed by atoms with Gasteiger partial charge in [0.25, 0.3) is 0 Å². The Kier molecular flexibility index (Phi) is 3.70.